The molecule has 0 aliphatic carbocycles. The average molecular weight is 261 g/mol. The van der Waals surface area contributed by atoms with Crippen molar-refractivity contribution >= 4 is 0 Å². The predicted octanol–water partition coefficient (Wildman–Crippen LogP) is 2.77. The second-order valence-electron chi connectivity index (χ2n) is 4.35. The Morgan fingerprint density at radius 3 is 2.79 bits per heavy atom. The first-order chi connectivity index (χ1) is 9.22. The van der Waals surface area contributed by atoms with E-state index in [9.17, 15) is 0 Å². The molecule has 104 valence electrons. The van der Waals surface area contributed by atoms with Crippen LogP contribution in [0.5, 0.6) is 11.5 Å². The first-order valence-corrected chi connectivity index (χ1v) is 6.66. The van der Waals surface area contributed by atoms with E-state index in [1.165, 1.54) is 0 Å². The van der Waals surface area contributed by atoms with Crippen molar-refractivity contribution in [3.8, 4) is 23.3 Å². The number of benzene rings is 1. The van der Waals surface area contributed by atoms with Crippen molar-refractivity contribution in [2.75, 3.05) is 13.7 Å². The summed E-state index contributed by atoms with van der Waals surface area (Å²) < 4.78 is 11.2. The molecule has 0 saturated carbocycles. The number of ether oxygens (including phenoxy) is 2. The molecule has 2 N–H and O–H groups in total. The van der Waals surface area contributed by atoms with Gasteiger partial charge in [0.1, 0.15) is 0 Å². The summed E-state index contributed by atoms with van der Waals surface area (Å²) in [6.07, 6.45) is 2.45. The molecule has 1 aromatic rings. The lowest BCUT2D eigenvalue weighted by Crippen LogP contribution is -2.21. The highest BCUT2D eigenvalue weighted by Crippen LogP contribution is 2.32. The van der Waals surface area contributed by atoms with E-state index in [0.29, 0.717) is 13.0 Å². The Kier molecular flexibility index (Phi) is 6.84. The fraction of sp³-hybridized carbons (Fsp3) is 0.500. The van der Waals surface area contributed by atoms with Crippen LogP contribution in [0, 0.1) is 11.8 Å². The van der Waals surface area contributed by atoms with Gasteiger partial charge in [0.15, 0.2) is 11.5 Å². The highest BCUT2D eigenvalue weighted by Gasteiger charge is 2.12. The van der Waals surface area contributed by atoms with Crippen LogP contribution >= 0.6 is 0 Å². The third kappa shape index (κ3) is 4.84. The molecule has 0 radical (unpaired) electrons. The van der Waals surface area contributed by atoms with Crippen molar-refractivity contribution < 1.29 is 9.47 Å². The van der Waals surface area contributed by atoms with Crippen LogP contribution in [0.15, 0.2) is 18.2 Å². The SMILES string of the molecule is CC#CCCOc1c(CC(N)CC)cccc1OC. The molecule has 1 aromatic carbocycles. The van der Waals surface area contributed by atoms with Crippen molar-refractivity contribution in [3.05, 3.63) is 23.8 Å². The van der Waals surface area contributed by atoms with Crippen molar-refractivity contribution in [2.45, 2.75) is 39.2 Å². The van der Waals surface area contributed by atoms with E-state index in [1.54, 1.807) is 7.11 Å². The maximum atomic E-state index is 6.02. The molecular weight excluding hydrogens is 238 g/mol. The summed E-state index contributed by atoms with van der Waals surface area (Å²) in [5, 5.41) is 0. The van der Waals surface area contributed by atoms with Gasteiger partial charge in [0.05, 0.1) is 13.7 Å². The summed E-state index contributed by atoms with van der Waals surface area (Å²) >= 11 is 0. The van der Waals surface area contributed by atoms with Crippen LogP contribution in [-0.2, 0) is 6.42 Å². The Balaban J connectivity index is 2.85. The molecule has 1 unspecified atom stereocenters. The molecule has 1 atom stereocenters. The smallest absolute Gasteiger partial charge is 0.164 e. The average Bonchev–Trinajstić information content (AvgIpc) is 2.44. The maximum Gasteiger partial charge on any atom is 0.164 e. The third-order valence-corrected chi connectivity index (χ3v) is 2.94. The summed E-state index contributed by atoms with van der Waals surface area (Å²) in [4.78, 5) is 0. The summed E-state index contributed by atoms with van der Waals surface area (Å²) in [5.74, 6) is 7.40. The number of nitrogens with two attached hydrogens (primary N) is 1. The lowest BCUT2D eigenvalue weighted by atomic mass is 10.0. The van der Waals surface area contributed by atoms with E-state index in [4.69, 9.17) is 15.2 Å². The highest BCUT2D eigenvalue weighted by atomic mass is 16.5. The van der Waals surface area contributed by atoms with Crippen LogP contribution in [0.4, 0.5) is 0 Å². The second kappa shape index (κ2) is 8.44. The number of hydrogen-bond acceptors (Lipinski definition) is 3. The number of para-hydroxylation sites is 1. The summed E-state index contributed by atoms with van der Waals surface area (Å²) in [6, 6.07) is 6.06. The molecule has 0 heterocycles. The molecule has 1 rings (SSSR count). The fourth-order valence-corrected chi connectivity index (χ4v) is 1.80. The molecule has 0 spiro atoms. The zero-order valence-corrected chi connectivity index (χ0v) is 12.0. The van der Waals surface area contributed by atoms with E-state index in [-0.39, 0.29) is 6.04 Å². The van der Waals surface area contributed by atoms with Crippen molar-refractivity contribution in [3.63, 3.8) is 0 Å². The Morgan fingerprint density at radius 2 is 2.16 bits per heavy atom. The summed E-state index contributed by atoms with van der Waals surface area (Å²) in [6.45, 7) is 4.48. The Labute approximate surface area is 116 Å². The first-order valence-electron chi connectivity index (χ1n) is 6.66. The zero-order valence-electron chi connectivity index (χ0n) is 12.0. The molecule has 3 nitrogen and oxygen atoms in total. The minimum Gasteiger partial charge on any atom is -0.493 e. The monoisotopic (exact) mass is 261 g/mol. The van der Waals surface area contributed by atoms with Gasteiger partial charge in [-0.1, -0.05) is 19.1 Å². The van der Waals surface area contributed by atoms with Gasteiger partial charge in [-0.2, -0.15) is 0 Å². The van der Waals surface area contributed by atoms with E-state index >= 15 is 0 Å². The highest BCUT2D eigenvalue weighted by molar-refractivity contribution is 5.47. The molecule has 19 heavy (non-hydrogen) atoms. The minimum absolute atomic E-state index is 0.143. The summed E-state index contributed by atoms with van der Waals surface area (Å²) in [5.41, 5.74) is 7.12. The van der Waals surface area contributed by atoms with Gasteiger partial charge in [0, 0.05) is 12.5 Å². The molecule has 0 aliphatic rings. The van der Waals surface area contributed by atoms with Gasteiger partial charge in [-0.25, -0.2) is 0 Å². The zero-order chi connectivity index (χ0) is 14.1. The van der Waals surface area contributed by atoms with Gasteiger partial charge in [-0.3, -0.25) is 0 Å². The Bertz CT molecular complexity index is 446. The van der Waals surface area contributed by atoms with Gasteiger partial charge >= 0.3 is 0 Å². The van der Waals surface area contributed by atoms with Gasteiger partial charge in [-0.05, 0) is 31.4 Å². The molecule has 0 bridgehead atoms. The van der Waals surface area contributed by atoms with Gasteiger partial charge < -0.3 is 15.2 Å². The Morgan fingerprint density at radius 1 is 1.37 bits per heavy atom. The largest absolute Gasteiger partial charge is 0.493 e. The van der Waals surface area contributed by atoms with Crippen LogP contribution in [0.2, 0.25) is 0 Å². The third-order valence-electron chi connectivity index (χ3n) is 2.94. The molecule has 0 fully saturated rings. The molecule has 0 aliphatic heterocycles. The second-order valence-corrected chi connectivity index (χ2v) is 4.35. The molecule has 0 saturated heterocycles. The lowest BCUT2D eigenvalue weighted by Gasteiger charge is -2.16. The standard InChI is InChI=1S/C16H23NO2/c1-4-6-7-11-19-16-13(12-14(17)5-2)9-8-10-15(16)18-3/h8-10,14H,5,7,11-12,17H2,1-3H3. The topological polar surface area (TPSA) is 44.5 Å². The van der Waals surface area contributed by atoms with E-state index in [1.807, 2.05) is 25.1 Å². The lowest BCUT2D eigenvalue weighted by molar-refractivity contribution is 0.297. The molecular formula is C16H23NO2. The molecule has 0 amide bonds. The van der Waals surface area contributed by atoms with E-state index in [2.05, 4.69) is 18.8 Å². The maximum absolute atomic E-state index is 6.02. The first kappa shape index (κ1) is 15.4. The quantitative estimate of drug-likeness (QED) is 0.606. The van der Waals surface area contributed by atoms with Crippen LogP contribution in [-0.4, -0.2) is 19.8 Å². The number of hydrogen-bond donors (Lipinski definition) is 1. The predicted molar refractivity (Wildman–Crippen MR) is 78.5 cm³/mol. The number of methoxy groups -OCH3 is 1. The van der Waals surface area contributed by atoms with Gasteiger partial charge in [0.2, 0.25) is 0 Å². The normalized spacial score (nSPS) is 11.4. The van der Waals surface area contributed by atoms with Crippen LogP contribution in [0.1, 0.15) is 32.3 Å². The van der Waals surface area contributed by atoms with E-state index in [0.717, 1.165) is 29.9 Å². The van der Waals surface area contributed by atoms with Crippen LogP contribution < -0.4 is 15.2 Å². The minimum atomic E-state index is 0.143. The molecule has 0 aromatic heterocycles. The van der Waals surface area contributed by atoms with Crippen LogP contribution in [0.3, 0.4) is 0 Å². The van der Waals surface area contributed by atoms with Crippen LogP contribution in [0.25, 0.3) is 0 Å². The summed E-state index contributed by atoms with van der Waals surface area (Å²) in [7, 11) is 1.65. The van der Waals surface area contributed by atoms with Crippen molar-refractivity contribution in [2.24, 2.45) is 5.73 Å². The fourth-order valence-electron chi connectivity index (χ4n) is 1.80. The Hall–Kier alpha value is -1.66. The van der Waals surface area contributed by atoms with Crippen molar-refractivity contribution in [1.29, 1.82) is 0 Å². The van der Waals surface area contributed by atoms with Gasteiger partial charge in [0.25, 0.3) is 0 Å². The van der Waals surface area contributed by atoms with E-state index < -0.39 is 0 Å². The van der Waals surface area contributed by atoms with Gasteiger partial charge in [-0.15, -0.1) is 11.8 Å². The van der Waals surface area contributed by atoms with Crippen molar-refractivity contribution in [1.82, 2.24) is 0 Å². The molecule has 3 heteroatoms. The number of rotatable bonds is 7.